The molecule has 168 valence electrons. The minimum absolute atomic E-state index is 0.158. The van der Waals surface area contributed by atoms with Crippen molar-refractivity contribution in [1.29, 1.82) is 0 Å². The predicted octanol–water partition coefficient (Wildman–Crippen LogP) is 4.55. The third-order valence-electron chi connectivity index (χ3n) is 5.68. The fourth-order valence-electron chi connectivity index (χ4n) is 3.91. The Hall–Kier alpha value is -3.20. The number of halogens is 3. The zero-order valence-electron chi connectivity index (χ0n) is 17.9. The third-order valence-corrected chi connectivity index (χ3v) is 5.68. The first-order chi connectivity index (χ1) is 15.2. The van der Waals surface area contributed by atoms with E-state index in [0.717, 1.165) is 11.6 Å². The Morgan fingerprint density at radius 2 is 2.06 bits per heavy atom. The first kappa shape index (κ1) is 22.0. The maximum absolute atomic E-state index is 13.4. The van der Waals surface area contributed by atoms with Gasteiger partial charge in [-0.1, -0.05) is 18.2 Å². The van der Waals surface area contributed by atoms with Crippen molar-refractivity contribution in [2.75, 3.05) is 20.3 Å². The number of aromatic nitrogens is 3. The predicted molar refractivity (Wildman–Crippen MR) is 111 cm³/mol. The number of aryl methyl sites for hydroxylation is 1. The molecule has 0 unspecified atom stereocenters. The number of carbonyl (C=O) groups excluding carboxylic acids is 1. The number of ether oxygens (including phenoxy) is 2. The van der Waals surface area contributed by atoms with Crippen LogP contribution >= 0.6 is 0 Å². The van der Waals surface area contributed by atoms with E-state index in [1.165, 1.54) is 20.1 Å². The van der Waals surface area contributed by atoms with E-state index in [9.17, 15) is 18.0 Å². The highest BCUT2D eigenvalue weighted by atomic mass is 19.4. The van der Waals surface area contributed by atoms with Crippen molar-refractivity contribution in [3.8, 4) is 0 Å². The lowest BCUT2D eigenvalue weighted by molar-refractivity contribution is -0.138. The van der Waals surface area contributed by atoms with Crippen LogP contribution in [0.15, 0.2) is 30.3 Å². The first-order valence-corrected chi connectivity index (χ1v) is 10.1. The summed E-state index contributed by atoms with van der Waals surface area (Å²) in [6.45, 7) is 4.20. The molecule has 6 nitrogen and oxygen atoms in total. The van der Waals surface area contributed by atoms with Crippen LogP contribution in [0.3, 0.4) is 0 Å². The second-order valence-electron chi connectivity index (χ2n) is 7.63. The molecule has 3 aromatic rings. The van der Waals surface area contributed by atoms with Crippen molar-refractivity contribution in [2.45, 2.75) is 32.9 Å². The van der Waals surface area contributed by atoms with Crippen LogP contribution in [-0.4, -0.2) is 40.9 Å². The van der Waals surface area contributed by atoms with Gasteiger partial charge in [-0.25, -0.2) is 14.3 Å². The molecule has 0 spiro atoms. The first-order valence-electron chi connectivity index (χ1n) is 10.1. The van der Waals surface area contributed by atoms with Gasteiger partial charge in [-0.3, -0.25) is 0 Å². The molecule has 1 aliphatic heterocycles. The Morgan fingerprint density at radius 3 is 2.72 bits per heavy atom. The summed E-state index contributed by atoms with van der Waals surface area (Å²) in [5, 5.41) is 4.69. The van der Waals surface area contributed by atoms with Gasteiger partial charge in [0.15, 0.2) is 5.65 Å². The summed E-state index contributed by atoms with van der Waals surface area (Å²) < 4.78 is 52.0. The SMILES string of the molecule is COC(=O)c1cc(C2=CCOCC2)nn2c(Cc3cccc(C(F)(F)F)c3C)c(C)nc12. The normalized spacial score (nSPS) is 14.5. The number of carbonyl (C=O) groups is 1. The summed E-state index contributed by atoms with van der Waals surface area (Å²) in [5.74, 6) is -0.557. The van der Waals surface area contributed by atoms with Gasteiger partial charge in [0.05, 0.1) is 43.0 Å². The monoisotopic (exact) mass is 445 g/mol. The molecule has 0 fully saturated rings. The molecule has 4 rings (SSSR count). The summed E-state index contributed by atoms with van der Waals surface area (Å²) in [6, 6.07) is 5.78. The molecule has 0 radical (unpaired) electrons. The van der Waals surface area contributed by atoms with Crippen molar-refractivity contribution in [3.05, 3.63) is 69.7 Å². The van der Waals surface area contributed by atoms with Crippen LogP contribution in [0.25, 0.3) is 11.2 Å². The average molecular weight is 445 g/mol. The van der Waals surface area contributed by atoms with E-state index >= 15 is 0 Å². The Labute approximate surface area is 182 Å². The fourth-order valence-corrected chi connectivity index (χ4v) is 3.91. The molecule has 0 atom stereocenters. The highest BCUT2D eigenvalue weighted by Crippen LogP contribution is 2.34. The molecule has 0 bridgehead atoms. The lowest BCUT2D eigenvalue weighted by Crippen LogP contribution is -2.13. The quantitative estimate of drug-likeness (QED) is 0.552. The molecule has 0 N–H and O–H groups in total. The van der Waals surface area contributed by atoms with Gasteiger partial charge in [-0.05, 0) is 49.1 Å². The van der Waals surface area contributed by atoms with Gasteiger partial charge >= 0.3 is 12.1 Å². The number of rotatable bonds is 4. The van der Waals surface area contributed by atoms with Gasteiger partial charge < -0.3 is 9.47 Å². The Kier molecular flexibility index (Phi) is 5.77. The molecule has 1 aromatic carbocycles. The topological polar surface area (TPSA) is 65.7 Å². The zero-order valence-corrected chi connectivity index (χ0v) is 17.9. The number of nitrogens with zero attached hydrogens (tertiary/aromatic N) is 3. The van der Waals surface area contributed by atoms with Gasteiger partial charge in [0.2, 0.25) is 0 Å². The lowest BCUT2D eigenvalue weighted by atomic mass is 9.98. The van der Waals surface area contributed by atoms with E-state index < -0.39 is 17.7 Å². The number of alkyl halides is 3. The maximum atomic E-state index is 13.4. The molecule has 3 heterocycles. The number of esters is 1. The van der Waals surface area contributed by atoms with Crippen LogP contribution in [0.5, 0.6) is 0 Å². The molecule has 0 aliphatic carbocycles. The van der Waals surface area contributed by atoms with Gasteiger partial charge in [-0.15, -0.1) is 0 Å². The summed E-state index contributed by atoms with van der Waals surface area (Å²) >= 11 is 0. The summed E-state index contributed by atoms with van der Waals surface area (Å²) in [7, 11) is 1.29. The third kappa shape index (κ3) is 4.00. The highest BCUT2D eigenvalue weighted by Gasteiger charge is 2.33. The molecule has 1 aliphatic rings. The van der Waals surface area contributed by atoms with Crippen molar-refractivity contribution in [1.82, 2.24) is 14.6 Å². The summed E-state index contributed by atoms with van der Waals surface area (Å²) in [4.78, 5) is 17.0. The molecule has 32 heavy (non-hydrogen) atoms. The van der Waals surface area contributed by atoms with Crippen molar-refractivity contribution in [3.63, 3.8) is 0 Å². The van der Waals surface area contributed by atoms with Crippen molar-refractivity contribution >= 4 is 17.2 Å². The largest absolute Gasteiger partial charge is 0.465 e. The van der Waals surface area contributed by atoms with Crippen LogP contribution in [0.1, 0.15) is 50.6 Å². The van der Waals surface area contributed by atoms with E-state index in [4.69, 9.17) is 14.6 Å². The molecule has 0 amide bonds. The van der Waals surface area contributed by atoms with Gasteiger partial charge in [0, 0.05) is 6.42 Å². The van der Waals surface area contributed by atoms with Gasteiger partial charge in [-0.2, -0.15) is 18.3 Å². The van der Waals surface area contributed by atoms with Crippen LogP contribution < -0.4 is 0 Å². The lowest BCUT2D eigenvalue weighted by Gasteiger charge is -2.16. The Balaban J connectivity index is 1.88. The van der Waals surface area contributed by atoms with E-state index in [-0.39, 0.29) is 17.5 Å². The van der Waals surface area contributed by atoms with Crippen LogP contribution in [0.4, 0.5) is 13.2 Å². The maximum Gasteiger partial charge on any atom is 0.416 e. The summed E-state index contributed by atoms with van der Waals surface area (Å²) in [5.41, 5.74) is 3.27. The van der Waals surface area contributed by atoms with E-state index in [1.54, 1.807) is 23.6 Å². The highest BCUT2D eigenvalue weighted by molar-refractivity contribution is 5.96. The van der Waals surface area contributed by atoms with Crippen LogP contribution in [-0.2, 0) is 22.1 Å². The molecule has 0 saturated carbocycles. The van der Waals surface area contributed by atoms with E-state index in [2.05, 4.69) is 4.98 Å². The Morgan fingerprint density at radius 1 is 1.28 bits per heavy atom. The number of methoxy groups -OCH3 is 1. The minimum atomic E-state index is -4.44. The minimum Gasteiger partial charge on any atom is -0.465 e. The average Bonchev–Trinajstić information content (AvgIpc) is 3.08. The van der Waals surface area contributed by atoms with Crippen molar-refractivity contribution < 1.29 is 27.4 Å². The number of fused-ring (bicyclic) bond motifs is 1. The molecular weight excluding hydrogens is 423 g/mol. The number of hydrogen-bond donors (Lipinski definition) is 0. The second-order valence-corrected chi connectivity index (χ2v) is 7.63. The zero-order chi connectivity index (χ0) is 23.0. The van der Waals surface area contributed by atoms with Gasteiger partial charge in [0.1, 0.15) is 5.56 Å². The van der Waals surface area contributed by atoms with Crippen LogP contribution in [0, 0.1) is 13.8 Å². The fraction of sp³-hybridized carbons (Fsp3) is 0.348. The standard InChI is InChI=1S/C23H22F3N3O3/c1-13-16(5-4-6-18(13)23(24,25)26)11-20-14(2)27-21-17(22(30)31-3)12-19(28-29(20)21)15-7-9-32-10-8-15/h4-7,12H,8-11H2,1-3H3. The number of benzene rings is 1. The molecule has 2 aromatic heterocycles. The van der Waals surface area contributed by atoms with Gasteiger partial charge in [0.25, 0.3) is 0 Å². The molecular formula is C23H22F3N3O3. The van der Waals surface area contributed by atoms with E-state index in [1.807, 2.05) is 6.08 Å². The molecule has 9 heteroatoms. The van der Waals surface area contributed by atoms with Crippen molar-refractivity contribution in [2.24, 2.45) is 0 Å². The van der Waals surface area contributed by atoms with Crippen LogP contribution in [0.2, 0.25) is 0 Å². The Bertz CT molecular complexity index is 1230. The molecule has 0 saturated heterocycles. The number of imidazole rings is 1. The number of hydrogen-bond acceptors (Lipinski definition) is 5. The smallest absolute Gasteiger partial charge is 0.416 e. The van der Waals surface area contributed by atoms with E-state index in [0.29, 0.717) is 47.9 Å². The summed E-state index contributed by atoms with van der Waals surface area (Å²) in [6.07, 6.45) is -1.72. The second kappa shape index (κ2) is 8.38.